The highest BCUT2D eigenvalue weighted by molar-refractivity contribution is 5.97. The molecular weight excluding hydrogens is 440 g/mol. The lowest BCUT2D eigenvalue weighted by Crippen LogP contribution is -2.73. The summed E-state index contributed by atoms with van der Waals surface area (Å²) < 4.78 is 5.25. The maximum Gasteiger partial charge on any atom is 0.254 e. The van der Waals surface area contributed by atoms with Crippen molar-refractivity contribution in [3.63, 3.8) is 0 Å². The van der Waals surface area contributed by atoms with Crippen LogP contribution in [0.4, 0.5) is 0 Å². The summed E-state index contributed by atoms with van der Waals surface area (Å²) in [5.74, 6) is 6.77. The number of aliphatic hydroxyl groups excluding tert-OH is 1. The zero-order valence-electron chi connectivity index (χ0n) is 19.4. The molecule has 2 amide bonds. The average molecular weight is 467 g/mol. The minimum absolute atomic E-state index is 0.0340. The van der Waals surface area contributed by atoms with Crippen LogP contribution in [-0.4, -0.2) is 65.6 Å². The van der Waals surface area contributed by atoms with Gasteiger partial charge in [-0.05, 0) is 48.0 Å². The maximum absolute atomic E-state index is 13.0. The molecule has 0 aromatic heterocycles. The van der Waals surface area contributed by atoms with Gasteiger partial charge in [-0.2, -0.15) is 0 Å². The number of nitrogens with zero attached hydrogens (tertiary/aromatic N) is 2. The van der Waals surface area contributed by atoms with Crippen LogP contribution in [0.2, 0.25) is 0 Å². The van der Waals surface area contributed by atoms with Crippen LogP contribution in [-0.2, 0) is 4.79 Å². The van der Waals surface area contributed by atoms with Gasteiger partial charge >= 0.3 is 0 Å². The Bertz CT molecular complexity index is 1290. The summed E-state index contributed by atoms with van der Waals surface area (Å²) >= 11 is 0. The molecule has 3 atom stereocenters. The number of hydrogen-bond donors (Lipinski definition) is 1. The molecule has 2 aliphatic heterocycles. The van der Waals surface area contributed by atoms with Crippen molar-refractivity contribution in [2.24, 2.45) is 0 Å². The van der Waals surface area contributed by atoms with Crippen LogP contribution in [0.3, 0.4) is 0 Å². The Morgan fingerprint density at radius 1 is 1.00 bits per heavy atom. The summed E-state index contributed by atoms with van der Waals surface area (Å²) in [5.41, 5.74) is 3.34. The summed E-state index contributed by atoms with van der Waals surface area (Å²) in [5, 5.41) is 10.0. The first-order valence-corrected chi connectivity index (χ1v) is 11.6. The molecule has 0 radical (unpaired) electrons. The Kier molecular flexibility index (Phi) is 6.26. The van der Waals surface area contributed by atoms with E-state index in [1.165, 1.54) is 0 Å². The van der Waals surface area contributed by atoms with Gasteiger partial charge in [-0.3, -0.25) is 9.59 Å². The molecule has 1 N–H and O–H groups in total. The molecular formula is C29H26N2O4. The standard InChI is InChI=1S/C29H26N2O4/c1-35-24-9-5-6-21(16-24)11-10-20-12-14-22(15-13-20)28-25-17-30(18-27(33)31(25)26(28)19-32)29(34)23-7-3-2-4-8-23/h2-9,12-16,25-26,28,32H,17-19H2,1H3/t25-,26+,28+/m1/s1. The lowest BCUT2D eigenvalue weighted by atomic mass is 9.73. The van der Waals surface area contributed by atoms with Crippen LogP contribution < -0.4 is 4.74 Å². The SMILES string of the molecule is COc1cccc(C#Cc2ccc([C@H]3[C@H]4CN(C(=O)c5ccccc5)CC(=O)N4[C@H]3CO)cc2)c1. The molecule has 35 heavy (non-hydrogen) atoms. The molecule has 5 rings (SSSR count). The van der Waals surface area contributed by atoms with E-state index in [1.807, 2.05) is 66.7 Å². The van der Waals surface area contributed by atoms with Crippen molar-refractivity contribution in [1.29, 1.82) is 0 Å². The Morgan fingerprint density at radius 3 is 2.46 bits per heavy atom. The largest absolute Gasteiger partial charge is 0.497 e. The zero-order chi connectivity index (χ0) is 24.4. The van der Waals surface area contributed by atoms with E-state index in [-0.39, 0.29) is 43.0 Å². The van der Waals surface area contributed by atoms with Crippen molar-refractivity contribution >= 4 is 11.8 Å². The fourth-order valence-electron chi connectivity index (χ4n) is 5.05. The maximum atomic E-state index is 13.0. The van der Waals surface area contributed by atoms with E-state index < -0.39 is 0 Å². The second-order valence-corrected chi connectivity index (χ2v) is 8.80. The van der Waals surface area contributed by atoms with Crippen LogP contribution in [0, 0.1) is 11.8 Å². The predicted octanol–water partition coefficient (Wildman–Crippen LogP) is 2.91. The minimum atomic E-state index is -0.282. The summed E-state index contributed by atoms with van der Waals surface area (Å²) in [6.07, 6.45) is 0. The van der Waals surface area contributed by atoms with Crippen molar-refractivity contribution in [1.82, 2.24) is 9.80 Å². The molecule has 2 heterocycles. The predicted molar refractivity (Wildman–Crippen MR) is 132 cm³/mol. The first kappa shape index (κ1) is 22.7. The van der Waals surface area contributed by atoms with E-state index in [1.54, 1.807) is 29.0 Å². The molecule has 6 nitrogen and oxygen atoms in total. The Balaban J connectivity index is 1.34. The first-order chi connectivity index (χ1) is 17.1. The summed E-state index contributed by atoms with van der Waals surface area (Å²) in [6, 6.07) is 24.1. The fraction of sp³-hybridized carbons (Fsp3) is 0.241. The van der Waals surface area contributed by atoms with E-state index in [9.17, 15) is 14.7 Å². The molecule has 0 saturated carbocycles. The Morgan fingerprint density at radius 2 is 1.74 bits per heavy atom. The average Bonchev–Trinajstić information content (AvgIpc) is 2.89. The highest BCUT2D eigenvalue weighted by Gasteiger charge is 2.54. The molecule has 3 aromatic carbocycles. The summed E-state index contributed by atoms with van der Waals surface area (Å²) in [7, 11) is 1.63. The third-order valence-corrected chi connectivity index (χ3v) is 6.78. The molecule has 2 aliphatic rings. The molecule has 0 bridgehead atoms. The lowest BCUT2D eigenvalue weighted by molar-refractivity contribution is -0.159. The molecule has 176 valence electrons. The quantitative estimate of drug-likeness (QED) is 0.601. The topological polar surface area (TPSA) is 70.1 Å². The van der Waals surface area contributed by atoms with E-state index in [4.69, 9.17) is 4.74 Å². The van der Waals surface area contributed by atoms with E-state index >= 15 is 0 Å². The lowest BCUT2D eigenvalue weighted by Gasteiger charge is -2.58. The molecule has 0 unspecified atom stereocenters. The molecule has 3 aromatic rings. The minimum Gasteiger partial charge on any atom is -0.497 e. The number of benzene rings is 3. The number of carbonyl (C=O) groups excluding carboxylic acids is 2. The van der Waals surface area contributed by atoms with Crippen molar-refractivity contribution in [2.75, 3.05) is 26.8 Å². The van der Waals surface area contributed by atoms with E-state index in [0.29, 0.717) is 12.1 Å². The van der Waals surface area contributed by atoms with Crippen LogP contribution in [0.15, 0.2) is 78.9 Å². The number of methoxy groups -OCH3 is 1. The third-order valence-electron chi connectivity index (χ3n) is 6.78. The van der Waals surface area contributed by atoms with Gasteiger partial charge in [0.05, 0.1) is 25.8 Å². The number of aliphatic hydroxyl groups is 1. The highest BCUT2D eigenvalue weighted by atomic mass is 16.5. The second kappa shape index (κ2) is 9.65. The van der Waals surface area contributed by atoms with Gasteiger partial charge in [-0.1, -0.05) is 48.2 Å². The zero-order valence-corrected chi connectivity index (χ0v) is 19.4. The third kappa shape index (κ3) is 4.39. The Hall–Kier alpha value is -4.08. The van der Waals surface area contributed by atoms with E-state index in [2.05, 4.69) is 11.8 Å². The van der Waals surface area contributed by atoms with Gasteiger partial charge in [0.25, 0.3) is 5.91 Å². The van der Waals surface area contributed by atoms with Crippen LogP contribution in [0.1, 0.15) is 33.0 Å². The number of ether oxygens (including phenoxy) is 1. The van der Waals surface area contributed by atoms with Gasteiger partial charge in [0.1, 0.15) is 12.3 Å². The van der Waals surface area contributed by atoms with Crippen LogP contribution in [0.25, 0.3) is 0 Å². The smallest absolute Gasteiger partial charge is 0.254 e. The first-order valence-electron chi connectivity index (χ1n) is 11.6. The second-order valence-electron chi connectivity index (χ2n) is 8.80. The molecule has 6 heteroatoms. The normalized spacial score (nSPS) is 20.9. The van der Waals surface area contributed by atoms with E-state index in [0.717, 1.165) is 22.4 Å². The van der Waals surface area contributed by atoms with Crippen LogP contribution in [0.5, 0.6) is 5.75 Å². The van der Waals surface area contributed by atoms with Crippen molar-refractivity contribution < 1.29 is 19.4 Å². The molecule has 2 saturated heterocycles. The number of amides is 2. The number of carbonyl (C=O) groups is 2. The fourth-order valence-corrected chi connectivity index (χ4v) is 5.05. The summed E-state index contributed by atoms with van der Waals surface area (Å²) in [4.78, 5) is 29.2. The van der Waals surface area contributed by atoms with Crippen molar-refractivity contribution in [2.45, 2.75) is 18.0 Å². The van der Waals surface area contributed by atoms with Gasteiger partial charge in [-0.15, -0.1) is 0 Å². The van der Waals surface area contributed by atoms with Gasteiger partial charge in [0, 0.05) is 29.2 Å². The number of hydrogen-bond acceptors (Lipinski definition) is 4. The Labute approximate surface area is 204 Å². The van der Waals surface area contributed by atoms with Gasteiger partial charge in [0.2, 0.25) is 5.91 Å². The highest BCUT2D eigenvalue weighted by Crippen LogP contribution is 2.43. The van der Waals surface area contributed by atoms with Crippen molar-refractivity contribution in [3.8, 4) is 17.6 Å². The van der Waals surface area contributed by atoms with Gasteiger partial charge in [-0.25, -0.2) is 0 Å². The molecule has 2 fully saturated rings. The number of piperazine rings is 1. The van der Waals surface area contributed by atoms with Gasteiger partial charge < -0.3 is 19.6 Å². The van der Waals surface area contributed by atoms with Crippen molar-refractivity contribution in [3.05, 3.63) is 101 Å². The van der Waals surface area contributed by atoms with Gasteiger partial charge in [0.15, 0.2) is 0 Å². The van der Waals surface area contributed by atoms with Crippen LogP contribution >= 0.6 is 0 Å². The molecule has 0 aliphatic carbocycles. The monoisotopic (exact) mass is 466 g/mol. The number of fused-ring (bicyclic) bond motifs is 1. The summed E-state index contributed by atoms with van der Waals surface area (Å²) in [6.45, 7) is 0.362. The number of rotatable bonds is 4. The molecule has 0 spiro atoms.